The minimum absolute atomic E-state index is 0.274. The van der Waals surface area contributed by atoms with Gasteiger partial charge in [-0.2, -0.15) is 0 Å². The highest BCUT2D eigenvalue weighted by Gasteiger charge is 2.21. The Morgan fingerprint density at radius 1 is 1.50 bits per heavy atom. The molecule has 0 unspecified atom stereocenters. The van der Waals surface area contributed by atoms with Crippen molar-refractivity contribution in [2.24, 2.45) is 0 Å². The quantitative estimate of drug-likeness (QED) is 0.883. The zero-order valence-electron chi connectivity index (χ0n) is 10.3. The fourth-order valence-corrected chi connectivity index (χ4v) is 2.52. The first-order chi connectivity index (χ1) is 9.63. The molecule has 1 fully saturated rings. The predicted molar refractivity (Wildman–Crippen MR) is 79.0 cm³/mol. The van der Waals surface area contributed by atoms with E-state index in [1.165, 1.54) is 0 Å². The van der Waals surface area contributed by atoms with E-state index in [-0.39, 0.29) is 17.6 Å². The highest BCUT2D eigenvalue weighted by Crippen LogP contribution is 2.26. The van der Waals surface area contributed by atoms with E-state index < -0.39 is 0 Å². The van der Waals surface area contributed by atoms with Crippen molar-refractivity contribution in [3.05, 3.63) is 39.6 Å². The van der Waals surface area contributed by atoms with Crippen LogP contribution in [0.4, 0.5) is 5.69 Å². The summed E-state index contributed by atoms with van der Waals surface area (Å²) in [6.45, 7) is 1.70. The van der Waals surface area contributed by atoms with Gasteiger partial charge in [-0.3, -0.25) is 4.79 Å². The number of nitrogens with zero attached hydrogens (tertiary/aromatic N) is 3. The van der Waals surface area contributed by atoms with Crippen molar-refractivity contribution >= 4 is 39.1 Å². The van der Waals surface area contributed by atoms with Crippen LogP contribution < -0.4 is 10.6 Å². The molecule has 3 rings (SSSR count). The lowest BCUT2D eigenvalue weighted by Gasteiger charge is -2.26. The number of hydrogen-bond donors (Lipinski definition) is 2. The Morgan fingerprint density at radius 2 is 2.30 bits per heavy atom. The number of rotatable bonds is 3. The summed E-state index contributed by atoms with van der Waals surface area (Å²) in [6.07, 6.45) is 1.65. The van der Waals surface area contributed by atoms with E-state index in [0.717, 1.165) is 17.6 Å². The first-order valence-corrected chi connectivity index (χ1v) is 7.19. The number of carbonyl (C=O) groups excluding carboxylic acids is 1. The second-order valence-electron chi connectivity index (χ2n) is 4.47. The number of hydrogen-bond acceptors (Lipinski definition) is 4. The molecule has 1 aliphatic rings. The number of aromatic nitrogens is 3. The summed E-state index contributed by atoms with van der Waals surface area (Å²) in [5.41, 5.74) is 0.815. The lowest BCUT2D eigenvalue weighted by atomic mass is 10.2. The lowest BCUT2D eigenvalue weighted by molar-refractivity contribution is 0.102. The molecule has 0 radical (unpaired) electrons. The molecule has 8 heteroatoms. The SMILES string of the molecule is O=C(Nc1ccc(Br)cc1Cl)c1cn(C2CNC2)nn1. The summed E-state index contributed by atoms with van der Waals surface area (Å²) >= 11 is 9.37. The molecule has 2 heterocycles. The summed E-state index contributed by atoms with van der Waals surface area (Å²) in [5.74, 6) is -0.326. The molecule has 1 saturated heterocycles. The van der Waals surface area contributed by atoms with Crippen LogP contribution in [0, 0.1) is 0 Å². The molecule has 104 valence electrons. The van der Waals surface area contributed by atoms with Gasteiger partial charge in [-0.25, -0.2) is 4.68 Å². The topological polar surface area (TPSA) is 71.8 Å². The molecule has 20 heavy (non-hydrogen) atoms. The fraction of sp³-hybridized carbons (Fsp3) is 0.250. The maximum atomic E-state index is 12.1. The first-order valence-electron chi connectivity index (χ1n) is 6.02. The smallest absolute Gasteiger partial charge is 0.277 e. The largest absolute Gasteiger partial charge is 0.319 e. The van der Waals surface area contributed by atoms with Crippen molar-refractivity contribution in [2.75, 3.05) is 18.4 Å². The van der Waals surface area contributed by atoms with Crippen LogP contribution in [0.3, 0.4) is 0 Å². The minimum atomic E-state index is -0.326. The van der Waals surface area contributed by atoms with Crippen LogP contribution in [-0.4, -0.2) is 34.0 Å². The summed E-state index contributed by atoms with van der Waals surface area (Å²) in [5, 5.41) is 14.2. The van der Waals surface area contributed by atoms with Crippen molar-refractivity contribution in [3.63, 3.8) is 0 Å². The molecule has 2 N–H and O–H groups in total. The van der Waals surface area contributed by atoms with E-state index in [1.54, 1.807) is 29.1 Å². The van der Waals surface area contributed by atoms with Crippen LogP contribution in [0.5, 0.6) is 0 Å². The van der Waals surface area contributed by atoms with Gasteiger partial charge in [-0.15, -0.1) is 5.10 Å². The van der Waals surface area contributed by atoms with Crippen molar-refractivity contribution in [3.8, 4) is 0 Å². The van der Waals surface area contributed by atoms with Gasteiger partial charge in [0.25, 0.3) is 5.91 Å². The number of carbonyl (C=O) groups is 1. The van der Waals surface area contributed by atoms with Gasteiger partial charge in [0.15, 0.2) is 5.69 Å². The van der Waals surface area contributed by atoms with Crippen LogP contribution in [0.1, 0.15) is 16.5 Å². The monoisotopic (exact) mass is 355 g/mol. The molecule has 0 atom stereocenters. The Kier molecular flexibility index (Phi) is 3.73. The van der Waals surface area contributed by atoms with Gasteiger partial charge in [-0.05, 0) is 18.2 Å². The summed E-state index contributed by atoms with van der Waals surface area (Å²) in [4.78, 5) is 12.1. The molecule has 1 aromatic heterocycles. The summed E-state index contributed by atoms with van der Waals surface area (Å²) in [6, 6.07) is 5.53. The Bertz CT molecular complexity index is 655. The van der Waals surface area contributed by atoms with Gasteiger partial charge in [0.1, 0.15) is 0 Å². The van der Waals surface area contributed by atoms with Gasteiger partial charge in [0, 0.05) is 17.6 Å². The second-order valence-corrected chi connectivity index (χ2v) is 5.80. The molecule has 2 aromatic rings. The molecule has 1 aromatic carbocycles. The molecular formula is C12H11BrClN5O. The average Bonchev–Trinajstić information content (AvgIpc) is 2.80. The zero-order chi connectivity index (χ0) is 14.1. The maximum absolute atomic E-state index is 12.1. The van der Waals surface area contributed by atoms with E-state index in [4.69, 9.17) is 11.6 Å². The molecule has 0 spiro atoms. The van der Waals surface area contributed by atoms with Crippen LogP contribution >= 0.6 is 27.5 Å². The Balaban J connectivity index is 1.73. The maximum Gasteiger partial charge on any atom is 0.277 e. The van der Waals surface area contributed by atoms with Gasteiger partial charge in [-0.1, -0.05) is 32.7 Å². The zero-order valence-corrected chi connectivity index (χ0v) is 12.6. The number of amides is 1. The van der Waals surface area contributed by atoms with Gasteiger partial charge in [0.05, 0.1) is 22.9 Å². The lowest BCUT2D eigenvalue weighted by Crippen LogP contribution is -2.43. The van der Waals surface area contributed by atoms with Crippen molar-refractivity contribution in [1.82, 2.24) is 20.3 Å². The van der Waals surface area contributed by atoms with E-state index in [1.807, 2.05) is 0 Å². The average molecular weight is 357 g/mol. The van der Waals surface area contributed by atoms with Gasteiger partial charge >= 0.3 is 0 Å². The number of benzene rings is 1. The molecule has 0 bridgehead atoms. The van der Waals surface area contributed by atoms with Crippen LogP contribution in [0.25, 0.3) is 0 Å². The third kappa shape index (κ3) is 2.70. The number of nitrogens with one attached hydrogen (secondary N) is 2. The first kappa shape index (κ1) is 13.5. The molecule has 0 aliphatic carbocycles. The Hall–Kier alpha value is -1.44. The van der Waals surface area contributed by atoms with Crippen molar-refractivity contribution < 1.29 is 4.79 Å². The van der Waals surface area contributed by atoms with Gasteiger partial charge in [0.2, 0.25) is 0 Å². The Morgan fingerprint density at radius 3 is 2.95 bits per heavy atom. The van der Waals surface area contributed by atoms with E-state index >= 15 is 0 Å². The number of halogens is 2. The summed E-state index contributed by atoms with van der Waals surface area (Å²) in [7, 11) is 0. The highest BCUT2D eigenvalue weighted by atomic mass is 79.9. The molecular weight excluding hydrogens is 346 g/mol. The van der Waals surface area contributed by atoms with Crippen LogP contribution in [0.2, 0.25) is 5.02 Å². The van der Waals surface area contributed by atoms with Crippen LogP contribution in [0.15, 0.2) is 28.9 Å². The molecule has 1 aliphatic heterocycles. The normalized spacial score (nSPS) is 14.9. The third-order valence-corrected chi connectivity index (χ3v) is 3.86. The molecule has 1 amide bonds. The van der Waals surface area contributed by atoms with Crippen molar-refractivity contribution in [2.45, 2.75) is 6.04 Å². The minimum Gasteiger partial charge on any atom is -0.319 e. The van der Waals surface area contributed by atoms with Crippen molar-refractivity contribution in [1.29, 1.82) is 0 Å². The standard InChI is InChI=1S/C12H11BrClN5O/c13-7-1-2-10(9(14)3-7)16-12(20)11-6-19(18-17-11)8-4-15-5-8/h1-3,6,8,15H,4-5H2,(H,16,20). The molecule has 0 saturated carbocycles. The van der Waals surface area contributed by atoms with E-state index in [2.05, 4.69) is 36.9 Å². The van der Waals surface area contributed by atoms with Gasteiger partial charge < -0.3 is 10.6 Å². The molecule has 6 nitrogen and oxygen atoms in total. The number of anilines is 1. The second kappa shape index (κ2) is 5.51. The summed E-state index contributed by atoms with van der Waals surface area (Å²) < 4.78 is 2.55. The third-order valence-electron chi connectivity index (χ3n) is 3.06. The predicted octanol–water partition coefficient (Wildman–Crippen LogP) is 2.09. The van der Waals surface area contributed by atoms with E-state index in [0.29, 0.717) is 10.7 Å². The van der Waals surface area contributed by atoms with Crippen LogP contribution in [-0.2, 0) is 0 Å². The van der Waals surface area contributed by atoms with E-state index in [9.17, 15) is 4.79 Å². The Labute approximate surface area is 128 Å². The fourth-order valence-electron chi connectivity index (χ4n) is 1.80. The highest BCUT2D eigenvalue weighted by molar-refractivity contribution is 9.10.